The van der Waals surface area contributed by atoms with Crippen molar-refractivity contribution in [2.75, 3.05) is 7.11 Å². The molecule has 1 heterocycles. The highest BCUT2D eigenvalue weighted by molar-refractivity contribution is 6.30. The van der Waals surface area contributed by atoms with Crippen molar-refractivity contribution in [3.63, 3.8) is 0 Å². The van der Waals surface area contributed by atoms with Crippen molar-refractivity contribution < 1.29 is 28.3 Å². The Morgan fingerprint density at radius 1 is 1.16 bits per heavy atom. The number of aromatic nitrogens is 2. The summed E-state index contributed by atoms with van der Waals surface area (Å²) in [6.45, 7) is 2.07. The van der Waals surface area contributed by atoms with Crippen LogP contribution in [-0.4, -0.2) is 34.0 Å². The number of aromatic carboxylic acids is 1. The van der Waals surface area contributed by atoms with Crippen LogP contribution in [0.25, 0.3) is 0 Å². The van der Waals surface area contributed by atoms with Crippen LogP contribution in [0.3, 0.4) is 0 Å². The molecule has 0 spiro atoms. The van der Waals surface area contributed by atoms with Crippen molar-refractivity contribution in [2.24, 2.45) is 7.05 Å². The van der Waals surface area contributed by atoms with Crippen molar-refractivity contribution in [1.82, 2.24) is 15.3 Å². The van der Waals surface area contributed by atoms with Gasteiger partial charge in [-0.3, -0.25) is 4.68 Å². The summed E-state index contributed by atoms with van der Waals surface area (Å²) in [4.78, 5) is 15.3. The fourth-order valence-electron chi connectivity index (χ4n) is 2.76. The first-order valence-corrected chi connectivity index (χ1v) is 9.93. The van der Waals surface area contributed by atoms with Crippen LogP contribution in [0.15, 0.2) is 54.7 Å². The molecule has 0 saturated heterocycles. The molecule has 0 radical (unpaired) electrons. The fraction of sp³-hybridized carbons (Fsp3) is 0.273. The van der Waals surface area contributed by atoms with E-state index in [1.807, 2.05) is 36.4 Å². The second kappa shape index (κ2) is 12.1. The van der Waals surface area contributed by atoms with Gasteiger partial charge in [0.05, 0.1) is 7.11 Å². The summed E-state index contributed by atoms with van der Waals surface area (Å²) >= 11 is 5.84. The second-order valence-corrected chi connectivity index (χ2v) is 7.27. The maximum Gasteiger partial charge on any atom is 0.339 e. The van der Waals surface area contributed by atoms with E-state index in [2.05, 4.69) is 29.6 Å². The van der Waals surface area contributed by atoms with Gasteiger partial charge in [-0.05, 0) is 55.3 Å². The summed E-state index contributed by atoms with van der Waals surface area (Å²) in [5, 5.41) is 12.5. The molecule has 3 rings (SSSR count). The van der Waals surface area contributed by atoms with Gasteiger partial charge < -0.3 is 14.7 Å². The first-order valence-electron chi connectivity index (χ1n) is 9.55. The Bertz CT molecular complexity index is 995. The van der Waals surface area contributed by atoms with Gasteiger partial charge in [-0.15, -0.1) is 0 Å². The summed E-state index contributed by atoms with van der Waals surface area (Å²) in [5.41, 5.74) is 3.00. The molecule has 0 bridgehead atoms. The van der Waals surface area contributed by atoms with E-state index in [1.165, 1.54) is 12.6 Å². The van der Waals surface area contributed by atoms with E-state index in [-0.39, 0.29) is 6.04 Å². The zero-order valence-electron chi connectivity index (χ0n) is 17.8. The zero-order chi connectivity index (χ0) is 23.7. The average molecular weight is 468 g/mol. The standard InChI is InChI=1S/C16H18ClNO2.C6H6F2N2O2/c1-12(18-19-2)11-13-3-7-15(8-4-13)20-16-9-5-14(17)6-10-16;1-10-2-3(6(11)12)4(9-10)5(7)8/h3-10,12,18H,11H2,1-2H3;2,5H,1H3,(H,11,12). The number of nitrogens with zero attached hydrogens (tertiary/aromatic N) is 2. The van der Waals surface area contributed by atoms with Gasteiger partial charge in [0.15, 0.2) is 0 Å². The molecule has 0 saturated carbocycles. The smallest absolute Gasteiger partial charge is 0.339 e. The highest BCUT2D eigenvalue weighted by atomic mass is 35.5. The van der Waals surface area contributed by atoms with Gasteiger partial charge in [0.1, 0.15) is 22.8 Å². The molecule has 0 aliphatic carbocycles. The molecule has 0 fully saturated rings. The first-order chi connectivity index (χ1) is 15.2. The number of hydroxylamine groups is 1. The van der Waals surface area contributed by atoms with Crippen molar-refractivity contribution in [3.05, 3.63) is 76.6 Å². The number of carboxylic acids is 1. The van der Waals surface area contributed by atoms with Crippen molar-refractivity contribution in [1.29, 1.82) is 0 Å². The van der Waals surface area contributed by atoms with E-state index < -0.39 is 23.7 Å². The lowest BCUT2D eigenvalue weighted by atomic mass is 10.1. The van der Waals surface area contributed by atoms with Crippen LogP contribution in [0.4, 0.5) is 8.78 Å². The van der Waals surface area contributed by atoms with Crippen molar-refractivity contribution in [3.8, 4) is 11.5 Å². The van der Waals surface area contributed by atoms with Crippen molar-refractivity contribution >= 4 is 17.6 Å². The molecular weight excluding hydrogens is 444 g/mol. The van der Waals surface area contributed by atoms with E-state index in [4.69, 9.17) is 26.3 Å². The molecule has 2 N–H and O–H groups in total. The van der Waals surface area contributed by atoms with Gasteiger partial charge in [0.2, 0.25) is 0 Å². The van der Waals surface area contributed by atoms with Crippen LogP contribution in [0.1, 0.15) is 35.0 Å². The molecule has 1 aromatic heterocycles. The van der Waals surface area contributed by atoms with E-state index >= 15 is 0 Å². The molecular formula is C22H24ClF2N3O4. The summed E-state index contributed by atoms with van der Waals surface area (Å²) in [5.74, 6) is 0.193. The lowest BCUT2D eigenvalue weighted by molar-refractivity contribution is 0.0661. The number of rotatable bonds is 8. The van der Waals surface area contributed by atoms with Crippen LogP contribution in [-0.2, 0) is 18.3 Å². The van der Waals surface area contributed by atoms with E-state index in [0.29, 0.717) is 5.02 Å². The number of hydrogen-bond acceptors (Lipinski definition) is 5. The Hall–Kier alpha value is -3.01. The van der Waals surface area contributed by atoms with E-state index in [0.717, 1.165) is 28.8 Å². The van der Waals surface area contributed by atoms with Crippen LogP contribution >= 0.6 is 11.6 Å². The molecule has 1 unspecified atom stereocenters. The van der Waals surface area contributed by atoms with E-state index in [9.17, 15) is 13.6 Å². The van der Waals surface area contributed by atoms with Gasteiger partial charge in [0, 0.05) is 24.3 Å². The number of halogens is 3. The third kappa shape index (κ3) is 7.92. The number of carbonyl (C=O) groups is 1. The molecule has 0 aliphatic heterocycles. The van der Waals surface area contributed by atoms with Crippen molar-refractivity contribution in [2.45, 2.75) is 25.8 Å². The fourth-order valence-corrected chi connectivity index (χ4v) is 2.89. The highest BCUT2D eigenvalue weighted by Crippen LogP contribution is 2.23. The molecule has 172 valence electrons. The number of benzene rings is 2. The number of nitrogens with one attached hydrogen (secondary N) is 1. The lowest BCUT2D eigenvalue weighted by Gasteiger charge is -2.12. The quantitative estimate of drug-likeness (QED) is 0.439. The summed E-state index contributed by atoms with van der Waals surface area (Å²) in [7, 11) is 3.01. The Morgan fingerprint density at radius 2 is 1.72 bits per heavy atom. The molecule has 3 aromatic rings. The minimum Gasteiger partial charge on any atom is -0.478 e. The van der Waals surface area contributed by atoms with E-state index in [1.54, 1.807) is 7.11 Å². The predicted octanol–water partition coefficient (Wildman–Crippen LogP) is 5.27. The third-order valence-electron chi connectivity index (χ3n) is 4.13. The molecule has 0 aliphatic rings. The van der Waals surface area contributed by atoms with Gasteiger partial charge >= 0.3 is 5.97 Å². The van der Waals surface area contributed by atoms with Gasteiger partial charge in [-0.2, -0.15) is 10.6 Å². The molecule has 10 heteroatoms. The Balaban J connectivity index is 0.000000258. The van der Waals surface area contributed by atoms with Crippen LogP contribution in [0.2, 0.25) is 5.02 Å². The summed E-state index contributed by atoms with van der Waals surface area (Å²) in [6.07, 6.45) is -0.906. The number of alkyl halides is 2. The summed E-state index contributed by atoms with van der Waals surface area (Å²) in [6, 6.07) is 15.6. The Morgan fingerprint density at radius 3 is 2.19 bits per heavy atom. The summed E-state index contributed by atoms with van der Waals surface area (Å²) < 4.78 is 30.9. The average Bonchev–Trinajstić information content (AvgIpc) is 3.14. The van der Waals surface area contributed by atoms with Gasteiger partial charge in [-0.1, -0.05) is 23.7 Å². The second-order valence-electron chi connectivity index (χ2n) is 6.83. The minimum atomic E-state index is -2.85. The minimum absolute atomic E-state index is 0.267. The zero-order valence-corrected chi connectivity index (χ0v) is 18.5. The third-order valence-corrected chi connectivity index (χ3v) is 4.38. The number of ether oxygens (including phenoxy) is 1. The molecule has 7 nitrogen and oxygen atoms in total. The first kappa shape index (κ1) is 25.3. The monoisotopic (exact) mass is 467 g/mol. The Kier molecular flexibility index (Phi) is 9.58. The maximum atomic E-state index is 12.1. The molecule has 2 aromatic carbocycles. The SMILES string of the molecule is CONC(C)Cc1ccc(Oc2ccc(Cl)cc2)cc1.Cn1cc(C(=O)O)c(C(F)F)n1. The molecule has 32 heavy (non-hydrogen) atoms. The largest absolute Gasteiger partial charge is 0.478 e. The number of aryl methyl sites for hydroxylation is 1. The topological polar surface area (TPSA) is 85.6 Å². The van der Waals surface area contributed by atoms with Gasteiger partial charge in [-0.25, -0.2) is 13.6 Å². The van der Waals surface area contributed by atoms with Crippen LogP contribution < -0.4 is 10.2 Å². The number of hydrogen-bond donors (Lipinski definition) is 2. The van der Waals surface area contributed by atoms with Crippen LogP contribution in [0, 0.1) is 0 Å². The molecule has 1 atom stereocenters. The predicted molar refractivity (Wildman–Crippen MR) is 116 cm³/mol. The molecule has 0 amide bonds. The highest BCUT2D eigenvalue weighted by Gasteiger charge is 2.21. The normalized spacial score (nSPS) is 11.6. The van der Waals surface area contributed by atoms with Crippen LogP contribution in [0.5, 0.6) is 11.5 Å². The maximum absolute atomic E-state index is 12.1. The van der Waals surface area contributed by atoms with Gasteiger partial charge in [0.25, 0.3) is 6.43 Å². The Labute approximate surface area is 189 Å². The number of carboxylic acid groups (broad SMARTS) is 1. The lowest BCUT2D eigenvalue weighted by Crippen LogP contribution is -2.26.